The summed E-state index contributed by atoms with van der Waals surface area (Å²) >= 11 is 0. The molecule has 2 aromatic rings. The number of hydrogen-bond acceptors (Lipinski definition) is 5. The summed E-state index contributed by atoms with van der Waals surface area (Å²) < 4.78 is 41.2. The molecule has 3 atom stereocenters. The third-order valence-corrected chi connectivity index (χ3v) is 6.71. The van der Waals surface area contributed by atoms with E-state index in [1.165, 1.54) is 12.3 Å². The van der Waals surface area contributed by atoms with Gasteiger partial charge in [0.05, 0.1) is 11.4 Å². The fourth-order valence-electron chi connectivity index (χ4n) is 5.11. The van der Waals surface area contributed by atoms with Crippen LogP contribution in [-0.2, 0) is 17.5 Å². The van der Waals surface area contributed by atoms with Crippen LogP contribution >= 0.6 is 0 Å². The van der Waals surface area contributed by atoms with Gasteiger partial charge in [-0.05, 0) is 56.0 Å². The highest BCUT2D eigenvalue weighted by Gasteiger charge is 2.39. The van der Waals surface area contributed by atoms with Crippen LogP contribution in [0.5, 0.6) is 0 Å². The minimum atomic E-state index is -4.51. The van der Waals surface area contributed by atoms with Gasteiger partial charge < -0.3 is 10.6 Å². The summed E-state index contributed by atoms with van der Waals surface area (Å²) in [5.41, 5.74) is 4.08. The Morgan fingerprint density at radius 1 is 1.36 bits per heavy atom. The van der Waals surface area contributed by atoms with Crippen molar-refractivity contribution in [3.8, 4) is 0 Å². The zero-order valence-corrected chi connectivity index (χ0v) is 19.9. The lowest BCUT2D eigenvalue weighted by atomic mass is 9.80. The Morgan fingerprint density at radius 3 is 2.81 bits per heavy atom. The van der Waals surface area contributed by atoms with Crippen molar-refractivity contribution in [2.24, 2.45) is 5.92 Å². The number of nitrogens with one attached hydrogen (secondary N) is 4. The number of likely N-dealkylation sites (N-methyl/N-ethyl adjacent to an activating group) is 1. The minimum absolute atomic E-state index is 0.108. The molecule has 36 heavy (non-hydrogen) atoms. The molecular weight excluding hydrogens is 479 g/mol. The Balaban J connectivity index is 1.45. The van der Waals surface area contributed by atoms with Gasteiger partial charge in [0.1, 0.15) is 0 Å². The van der Waals surface area contributed by atoms with Crippen LogP contribution in [0.15, 0.2) is 30.5 Å². The number of hydrazine groups is 1. The van der Waals surface area contributed by atoms with E-state index in [-0.39, 0.29) is 23.5 Å². The van der Waals surface area contributed by atoms with Crippen molar-refractivity contribution >= 4 is 28.3 Å². The number of fused-ring (bicyclic) bond motifs is 2. The topological polar surface area (TPSA) is 128 Å². The van der Waals surface area contributed by atoms with Gasteiger partial charge in [-0.2, -0.15) is 0 Å². The first-order chi connectivity index (χ1) is 17.0. The third kappa shape index (κ3) is 5.15. The van der Waals surface area contributed by atoms with Gasteiger partial charge in [-0.15, -0.1) is 13.2 Å². The van der Waals surface area contributed by atoms with Crippen molar-refractivity contribution in [2.45, 2.75) is 44.6 Å². The monoisotopic (exact) mass is 507 g/mol. The van der Waals surface area contributed by atoms with E-state index < -0.39 is 23.2 Å². The number of hydrogen-bond donors (Lipinski definition) is 4. The summed E-state index contributed by atoms with van der Waals surface area (Å²) in [7, 11) is 1.88. The molecule has 0 saturated carbocycles. The van der Waals surface area contributed by atoms with E-state index in [1.807, 2.05) is 31.0 Å². The van der Waals surface area contributed by atoms with Crippen LogP contribution in [0, 0.1) is 21.4 Å². The van der Waals surface area contributed by atoms with Crippen LogP contribution in [-0.4, -0.2) is 58.6 Å². The first-order valence-electron chi connectivity index (χ1n) is 11.6. The van der Waals surface area contributed by atoms with Crippen molar-refractivity contribution in [2.75, 3.05) is 20.1 Å². The number of alkyl halides is 3. The molecule has 0 fully saturated rings. The maximum absolute atomic E-state index is 13.6. The van der Waals surface area contributed by atoms with E-state index in [4.69, 9.17) is 5.41 Å². The fourth-order valence-corrected chi connectivity index (χ4v) is 5.11. The number of nitro groups is 1. The number of aromatic nitrogens is 1. The molecule has 4 N–H and O–H groups in total. The average molecular weight is 508 g/mol. The van der Waals surface area contributed by atoms with Crippen LogP contribution in [0.1, 0.15) is 30.9 Å². The molecule has 0 bridgehead atoms. The highest BCUT2D eigenvalue weighted by molar-refractivity contribution is 5.99. The quantitative estimate of drug-likeness (QED) is 0.150. The SMILES string of the molecule is C[C@H](CCCNC(=N)N[N+](=O)[O-])NC(=O)[C@@H]1C=C2c3cccc4c3c(cn4C(F)(F)F)C[C@H]2N(C)C1. The van der Waals surface area contributed by atoms with Crippen molar-refractivity contribution in [3.63, 3.8) is 0 Å². The molecule has 0 unspecified atom stereocenters. The first-order valence-corrected chi connectivity index (χ1v) is 11.6. The third-order valence-electron chi connectivity index (χ3n) is 6.71. The highest BCUT2D eigenvalue weighted by Crippen LogP contribution is 2.43. The summed E-state index contributed by atoms with van der Waals surface area (Å²) in [6.07, 6.45) is 0.182. The van der Waals surface area contributed by atoms with Crippen LogP contribution in [0.3, 0.4) is 0 Å². The molecule has 0 saturated heterocycles. The van der Waals surface area contributed by atoms with E-state index in [0.717, 1.165) is 11.1 Å². The van der Waals surface area contributed by atoms with Gasteiger partial charge in [0.25, 0.3) is 5.96 Å². The normalized spacial score (nSPS) is 20.3. The number of benzene rings is 1. The molecule has 194 valence electrons. The maximum atomic E-state index is 13.6. The second-order valence-corrected chi connectivity index (χ2v) is 9.30. The van der Waals surface area contributed by atoms with Gasteiger partial charge in [-0.25, -0.2) is 10.1 Å². The van der Waals surface area contributed by atoms with Gasteiger partial charge >= 0.3 is 6.30 Å². The average Bonchev–Trinajstić information content (AvgIpc) is 3.17. The van der Waals surface area contributed by atoms with Crippen LogP contribution in [0.25, 0.3) is 16.5 Å². The van der Waals surface area contributed by atoms with Gasteiger partial charge in [0.2, 0.25) is 5.91 Å². The lowest BCUT2D eigenvalue weighted by Gasteiger charge is -2.39. The van der Waals surface area contributed by atoms with Crippen molar-refractivity contribution in [3.05, 3.63) is 51.7 Å². The molecule has 13 heteroatoms. The molecule has 2 aliphatic rings. The van der Waals surface area contributed by atoms with E-state index in [0.29, 0.717) is 47.9 Å². The summed E-state index contributed by atoms with van der Waals surface area (Å²) in [5, 5.41) is 23.0. The van der Waals surface area contributed by atoms with E-state index in [1.54, 1.807) is 11.5 Å². The maximum Gasteiger partial charge on any atom is 0.488 e. The number of guanidine groups is 1. The molecule has 4 rings (SSSR count). The van der Waals surface area contributed by atoms with Gasteiger partial charge in [0, 0.05) is 36.8 Å². The smallest absolute Gasteiger partial charge is 0.353 e. The Hall–Kier alpha value is -3.61. The number of halogens is 3. The Labute approximate surface area is 205 Å². The van der Waals surface area contributed by atoms with E-state index >= 15 is 0 Å². The Morgan fingerprint density at radius 2 is 2.11 bits per heavy atom. The fraction of sp³-hybridized carbons (Fsp3) is 0.478. The molecule has 0 radical (unpaired) electrons. The molecule has 1 aromatic carbocycles. The molecule has 1 amide bonds. The predicted octanol–water partition coefficient (Wildman–Crippen LogP) is 2.58. The van der Waals surface area contributed by atoms with Crippen molar-refractivity contribution < 1.29 is 23.0 Å². The number of nitrogens with zero attached hydrogens (tertiary/aromatic N) is 3. The van der Waals surface area contributed by atoms with Crippen molar-refractivity contribution in [1.82, 2.24) is 25.5 Å². The van der Waals surface area contributed by atoms with Crippen LogP contribution in [0.2, 0.25) is 0 Å². The lowest BCUT2D eigenvalue weighted by molar-refractivity contribution is -0.525. The molecule has 1 aromatic heterocycles. The van der Waals surface area contributed by atoms with E-state index in [2.05, 4.69) is 10.6 Å². The second-order valence-electron chi connectivity index (χ2n) is 9.30. The molecule has 1 aliphatic carbocycles. The summed E-state index contributed by atoms with van der Waals surface area (Å²) in [5.74, 6) is -1.03. The molecular formula is C23H28F3N7O3. The Bertz CT molecular complexity index is 1220. The summed E-state index contributed by atoms with van der Waals surface area (Å²) in [6.45, 7) is 2.64. The summed E-state index contributed by atoms with van der Waals surface area (Å²) in [6, 6.07) is 4.63. The zero-order chi connectivity index (χ0) is 26.2. The molecule has 0 spiro atoms. The molecule has 2 heterocycles. The van der Waals surface area contributed by atoms with Crippen LogP contribution in [0.4, 0.5) is 13.2 Å². The molecule has 10 nitrogen and oxygen atoms in total. The number of carbonyl (C=O) groups excluding carboxylic acids is 1. The van der Waals surface area contributed by atoms with Gasteiger partial charge in [-0.3, -0.25) is 19.7 Å². The summed E-state index contributed by atoms with van der Waals surface area (Å²) in [4.78, 5) is 25.4. The van der Waals surface area contributed by atoms with E-state index in [9.17, 15) is 28.1 Å². The van der Waals surface area contributed by atoms with Crippen molar-refractivity contribution in [1.29, 1.82) is 5.41 Å². The van der Waals surface area contributed by atoms with Gasteiger partial charge in [0.15, 0.2) is 5.03 Å². The van der Waals surface area contributed by atoms with Crippen LogP contribution < -0.4 is 16.1 Å². The lowest BCUT2D eigenvalue weighted by Crippen LogP contribution is -2.48. The first kappa shape index (κ1) is 25.5. The highest BCUT2D eigenvalue weighted by atomic mass is 19.4. The minimum Gasteiger partial charge on any atom is -0.353 e. The largest absolute Gasteiger partial charge is 0.488 e. The standard InChI is InChI=1S/C23H28F3N7O3/c1-13(5-4-8-28-22(27)30-33(35)36)29-21(34)15-9-17-16-6-3-7-18-20(16)14(10-19(17)31(2)11-15)12-32(18)23(24,25)26/h3,6-7,9,12-13,15,19H,4-5,8,10-11H2,1-2H3,(H,29,34)(H3,27,28,30)/t13-,15-,19-/m1/s1. The Kier molecular flexibility index (Phi) is 6.94. The zero-order valence-electron chi connectivity index (χ0n) is 19.9. The second kappa shape index (κ2) is 9.80. The predicted molar refractivity (Wildman–Crippen MR) is 128 cm³/mol. The number of carbonyl (C=O) groups is 1. The molecule has 1 aliphatic heterocycles. The number of rotatable bonds is 7. The number of amides is 1. The van der Waals surface area contributed by atoms with Gasteiger partial charge in [-0.1, -0.05) is 23.6 Å².